The normalized spacial score (nSPS) is 14.9. The molecular formula is C13H9NO4. The number of phenols is 2. The minimum atomic E-state index is -0.330. The van der Waals surface area contributed by atoms with Gasteiger partial charge in [0, 0.05) is 36.0 Å². The monoisotopic (exact) mass is 243 g/mol. The third kappa shape index (κ3) is 1.24. The number of aromatic hydroxyl groups is 2. The molecule has 0 aliphatic heterocycles. The Morgan fingerprint density at radius 1 is 0.944 bits per heavy atom. The van der Waals surface area contributed by atoms with Gasteiger partial charge in [-0.2, -0.15) is 0 Å². The van der Waals surface area contributed by atoms with Gasteiger partial charge in [0.05, 0.1) is 11.1 Å². The fourth-order valence-electron chi connectivity index (χ4n) is 2.32. The van der Waals surface area contributed by atoms with Gasteiger partial charge < -0.3 is 10.2 Å². The average molecular weight is 243 g/mol. The van der Waals surface area contributed by atoms with E-state index in [1.807, 2.05) is 0 Å². The van der Waals surface area contributed by atoms with Crippen molar-refractivity contribution >= 4 is 22.3 Å². The van der Waals surface area contributed by atoms with Crippen molar-refractivity contribution in [1.82, 2.24) is 4.98 Å². The highest BCUT2D eigenvalue weighted by Crippen LogP contribution is 2.42. The number of hydrogen-bond acceptors (Lipinski definition) is 5. The molecule has 90 valence electrons. The molecule has 0 amide bonds. The molecule has 5 nitrogen and oxygen atoms in total. The van der Waals surface area contributed by atoms with Crippen molar-refractivity contribution in [3.05, 3.63) is 29.6 Å². The third-order valence-corrected chi connectivity index (χ3v) is 3.19. The summed E-state index contributed by atoms with van der Waals surface area (Å²) in [5.41, 5.74) is -0.147. The van der Waals surface area contributed by atoms with Crippen LogP contribution in [0.3, 0.4) is 0 Å². The summed E-state index contributed by atoms with van der Waals surface area (Å²) in [6.07, 6.45) is 2.93. The van der Waals surface area contributed by atoms with Gasteiger partial charge in [-0.25, -0.2) is 0 Å². The third-order valence-electron chi connectivity index (χ3n) is 3.19. The standard InChI is InChI=1S/C13H9NO4/c15-8-1-2-9(16)11-10(8)12(17)6-3-4-14-5-7(6)13(11)18/h3-5,17-18H,1-2H2. The van der Waals surface area contributed by atoms with E-state index in [9.17, 15) is 19.8 Å². The molecule has 0 bridgehead atoms. The first kappa shape index (κ1) is 10.7. The van der Waals surface area contributed by atoms with Crippen LogP contribution >= 0.6 is 0 Å². The van der Waals surface area contributed by atoms with Crippen molar-refractivity contribution in [3.63, 3.8) is 0 Å². The van der Waals surface area contributed by atoms with Crippen molar-refractivity contribution in [3.8, 4) is 11.5 Å². The molecule has 1 aliphatic rings. The van der Waals surface area contributed by atoms with Crippen LogP contribution in [0.1, 0.15) is 33.6 Å². The number of phenolic OH excluding ortho intramolecular Hbond substituents is 2. The molecule has 0 radical (unpaired) electrons. The van der Waals surface area contributed by atoms with E-state index in [0.29, 0.717) is 5.39 Å². The second-order valence-electron chi connectivity index (χ2n) is 4.21. The zero-order valence-corrected chi connectivity index (χ0v) is 9.30. The summed E-state index contributed by atoms with van der Waals surface area (Å²) >= 11 is 0. The molecule has 1 aliphatic carbocycles. The minimum Gasteiger partial charge on any atom is -0.507 e. The first-order valence-corrected chi connectivity index (χ1v) is 5.49. The predicted octanol–water partition coefficient (Wildman–Crippen LogP) is 1.81. The van der Waals surface area contributed by atoms with E-state index in [1.54, 1.807) is 0 Å². The number of carbonyl (C=O) groups excluding carboxylic acids is 2. The van der Waals surface area contributed by atoms with Gasteiger partial charge in [0.2, 0.25) is 0 Å². The lowest BCUT2D eigenvalue weighted by molar-refractivity contribution is 0.0885. The van der Waals surface area contributed by atoms with Crippen molar-refractivity contribution in [2.45, 2.75) is 12.8 Å². The van der Waals surface area contributed by atoms with E-state index in [1.165, 1.54) is 18.5 Å². The fraction of sp³-hybridized carbons (Fsp3) is 0.154. The van der Waals surface area contributed by atoms with Gasteiger partial charge in [0.15, 0.2) is 11.6 Å². The van der Waals surface area contributed by atoms with Crippen LogP contribution < -0.4 is 0 Å². The van der Waals surface area contributed by atoms with Crippen LogP contribution in [0.2, 0.25) is 0 Å². The van der Waals surface area contributed by atoms with Crippen LogP contribution in [0.5, 0.6) is 11.5 Å². The SMILES string of the molecule is O=C1CCC(=O)c2c1c(O)c1ccncc1c2O. The largest absolute Gasteiger partial charge is 0.507 e. The second-order valence-corrected chi connectivity index (χ2v) is 4.21. The number of nitrogens with zero attached hydrogens (tertiary/aromatic N) is 1. The second kappa shape index (κ2) is 3.53. The highest BCUT2D eigenvalue weighted by molar-refractivity contribution is 6.21. The summed E-state index contributed by atoms with van der Waals surface area (Å²) in [7, 11) is 0. The van der Waals surface area contributed by atoms with Crippen LogP contribution in [-0.2, 0) is 0 Å². The quantitative estimate of drug-likeness (QED) is 0.689. The number of ketones is 2. The fourth-order valence-corrected chi connectivity index (χ4v) is 2.32. The van der Waals surface area contributed by atoms with Gasteiger partial charge in [-0.3, -0.25) is 14.6 Å². The first-order valence-electron chi connectivity index (χ1n) is 5.49. The zero-order chi connectivity index (χ0) is 12.9. The van der Waals surface area contributed by atoms with Crippen molar-refractivity contribution in [2.24, 2.45) is 0 Å². The maximum absolute atomic E-state index is 11.8. The number of Topliss-reactive ketones (excluding diaryl/α,β-unsaturated/α-hetero) is 2. The van der Waals surface area contributed by atoms with E-state index in [0.717, 1.165) is 0 Å². The van der Waals surface area contributed by atoms with Crippen molar-refractivity contribution in [2.75, 3.05) is 0 Å². The number of carbonyl (C=O) groups is 2. The number of fused-ring (bicyclic) bond motifs is 2. The smallest absolute Gasteiger partial charge is 0.167 e. The van der Waals surface area contributed by atoms with Gasteiger partial charge in [0.25, 0.3) is 0 Å². The van der Waals surface area contributed by atoms with Gasteiger partial charge in [-0.05, 0) is 6.07 Å². The highest BCUT2D eigenvalue weighted by atomic mass is 16.3. The summed E-state index contributed by atoms with van der Waals surface area (Å²) in [5.74, 6) is -1.18. The predicted molar refractivity (Wildman–Crippen MR) is 63.0 cm³/mol. The van der Waals surface area contributed by atoms with E-state index in [2.05, 4.69) is 4.98 Å². The molecule has 0 unspecified atom stereocenters. The molecule has 3 rings (SSSR count). The lowest BCUT2D eigenvalue weighted by atomic mass is 9.86. The Morgan fingerprint density at radius 2 is 1.50 bits per heavy atom. The molecule has 0 fully saturated rings. The molecule has 0 atom stereocenters. The van der Waals surface area contributed by atoms with Crippen LogP contribution in [0.15, 0.2) is 18.5 Å². The molecule has 0 spiro atoms. The van der Waals surface area contributed by atoms with E-state index in [-0.39, 0.29) is 52.4 Å². The summed E-state index contributed by atoms with van der Waals surface area (Å²) in [4.78, 5) is 27.5. The van der Waals surface area contributed by atoms with Gasteiger partial charge in [-0.1, -0.05) is 0 Å². The minimum absolute atomic E-state index is 0.0601. The summed E-state index contributed by atoms with van der Waals surface area (Å²) in [6, 6.07) is 1.50. The van der Waals surface area contributed by atoms with Gasteiger partial charge in [0.1, 0.15) is 11.5 Å². The van der Waals surface area contributed by atoms with E-state index in [4.69, 9.17) is 0 Å². The number of benzene rings is 1. The zero-order valence-electron chi connectivity index (χ0n) is 9.30. The Bertz CT molecular complexity index is 645. The number of rotatable bonds is 0. The molecule has 0 saturated heterocycles. The lowest BCUT2D eigenvalue weighted by Gasteiger charge is -2.18. The Morgan fingerprint density at radius 3 is 2.11 bits per heavy atom. The molecule has 0 saturated carbocycles. The lowest BCUT2D eigenvalue weighted by Crippen LogP contribution is -2.17. The Labute approximate surface area is 102 Å². The van der Waals surface area contributed by atoms with Gasteiger partial charge in [-0.15, -0.1) is 0 Å². The maximum Gasteiger partial charge on any atom is 0.167 e. The van der Waals surface area contributed by atoms with Gasteiger partial charge >= 0.3 is 0 Å². The molecule has 1 heterocycles. The first-order chi connectivity index (χ1) is 8.61. The van der Waals surface area contributed by atoms with Crippen LogP contribution in [0.25, 0.3) is 10.8 Å². The Balaban J connectivity index is 2.54. The highest BCUT2D eigenvalue weighted by Gasteiger charge is 2.31. The summed E-state index contributed by atoms with van der Waals surface area (Å²) in [6.45, 7) is 0. The molecule has 5 heteroatoms. The van der Waals surface area contributed by atoms with Crippen molar-refractivity contribution < 1.29 is 19.8 Å². The van der Waals surface area contributed by atoms with Crippen molar-refractivity contribution in [1.29, 1.82) is 0 Å². The molecule has 18 heavy (non-hydrogen) atoms. The van der Waals surface area contributed by atoms with Crippen LogP contribution in [0, 0.1) is 0 Å². The Hall–Kier alpha value is -2.43. The summed E-state index contributed by atoms with van der Waals surface area (Å²) < 4.78 is 0. The molecule has 2 N–H and O–H groups in total. The number of aromatic nitrogens is 1. The topological polar surface area (TPSA) is 87.5 Å². The Kier molecular flexibility index (Phi) is 2.10. The maximum atomic E-state index is 11.8. The van der Waals surface area contributed by atoms with Crippen LogP contribution in [0.4, 0.5) is 0 Å². The van der Waals surface area contributed by atoms with E-state index < -0.39 is 0 Å². The molecule has 1 aromatic carbocycles. The van der Waals surface area contributed by atoms with Crippen LogP contribution in [-0.4, -0.2) is 26.8 Å². The van der Waals surface area contributed by atoms with E-state index >= 15 is 0 Å². The molecular weight excluding hydrogens is 234 g/mol. The average Bonchev–Trinajstić information content (AvgIpc) is 2.38. The molecule has 1 aromatic heterocycles. The number of pyridine rings is 1. The number of hydrogen-bond donors (Lipinski definition) is 2. The molecule has 2 aromatic rings. The summed E-state index contributed by atoms with van der Waals surface area (Å²) in [5, 5.41) is 20.8.